The highest BCUT2D eigenvalue weighted by molar-refractivity contribution is 6.43. The second kappa shape index (κ2) is 7.27. The number of pyridine rings is 1. The molecular weight excluding hydrogens is 340 g/mol. The third-order valence-corrected chi connectivity index (χ3v) is 4.96. The van der Waals surface area contributed by atoms with E-state index in [0.717, 1.165) is 35.2 Å². The van der Waals surface area contributed by atoms with E-state index in [1.807, 2.05) is 66.1 Å². The van der Waals surface area contributed by atoms with Gasteiger partial charge in [-0.15, -0.1) is 0 Å². The van der Waals surface area contributed by atoms with Crippen molar-refractivity contribution in [3.8, 4) is 16.9 Å². The van der Waals surface area contributed by atoms with Crippen molar-refractivity contribution in [1.82, 2.24) is 9.30 Å². The van der Waals surface area contributed by atoms with E-state index in [9.17, 15) is 9.59 Å². The van der Waals surface area contributed by atoms with Crippen molar-refractivity contribution in [3.05, 3.63) is 60.4 Å². The van der Waals surface area contributed by atoms with Gasteiger partial charge >= 0.3 is 0 Å². The van der Waals surface area contributed by atoms with E-state index in [2.05, 4.69) is 0 Å². The van der Waals surface area contributed by atoms with Crippen LogP contribution in [0.15, 0.2) is 54.7 Å². The number of carbonyl (C=O) groups is 2. The van der Waals surface area contributed by atoms with Crippen molar-refractivity contribution in [2.45, 2.75) is 19.8 Å². The number of likely N-dealkylation sites (tertiary alicyclic amines) is 1. The Morgan fingerprint density at radius 3 is 2.48 bits per heavy atom. The van der Waals surface area contributed by atoms with Crippen LogP contribution in [0.3, 0.4) is 0 Å². The molecular formula is C22H22N2O3. The molecule has 1 fully saturated rings. The third-order valence-electron chi connectivity index (χ3n) is 4.96. The van der Waals surface area contributed by atoms with Gasteiger partial charge in [-0.05, 0) is 55.7 Å². The number of amides is 1. The van der Waals surface area contributed by atoms with Gasteiger partial charge in [0, 0.05) is 30.4 Å². The summed E-state index contributed by atoms with van der Waals surface area (Å²) in [5.41, 5.74) is 2.96. The SMILES string of the molecule is CCOc1ccc(-c2cc3ccccn3c2C(=O)C(=O)N2CCCC2)cc1. The molecule has 1 aliphatic rings. The molecule has 5 nitrogen and oxygen atoms in total. The van der Waals surface area contributed by atoms with Crippen LogP contribution in [0, 0.1) is 0 Å². The number of fused-ring (bicyclic) bond motifs is 1. The summed E-state index contributed by atoms with van der Waals surface area (Å²) in [6.45, 7) is 3.86. The highest BCUT2D eigenvalue weighted by atomic mass is 16.5. The van der Waals surface area contributed by atoms with Crippen LogP contribution in [0.2, 0.25) is 0 Å². The molecule has 0 spiro atoms. The molecule has 4 rings (SSSR count). The minimum atomic E-state index is -0.452. The zero-order chi connectivity index (χ0) is 18.8. The molecule has 1 aliphatic heterocycles. The van der Waals surface area contributed by atoms with Gasteiger partial charge in [0.25, 0.3) is 11.7 Å². The summed E-state index contributed by atoms with van der Waals surface area (Å²) in [4.78, 5) is 27.5. The quantitative estimate of drug-likeness (QED) is 0.512. The lowest BCUT2D eigenvalue weighted by molar-refractivity contribution is -0.125. The summed E-state index contributed by atoms with van der Waals surface area (Å²) in [7, 11) is 0. The number of rotatable bonds is 5. The topological polar surface area (TPSA) is 51.0 Å². The van der Waals surface area contributed by atoms with E-state index in [-0.39, 0.29) is 0 Å². The molecule has 0 radical (unpaired) electrons. The van der Waals surface area contributed by atoms with Crippen molar-refractivity contribution in [3.63, 3.8) is 0 Å². The highest BCUT2D eigenvalue weighted by Crippen LogP contribution is 2.30. The average Bonchev–Trinajstić information content (AvgIpc) is 3.35. The number of ether oxygens (including phenoxy) is 1. The molecule has 0 saturated carbocycles. The number of ketones is 1. The number of carbonyl (C=O) groups excluding carboxylic acids is 2. The van der Waals surface area contributed by atoms with Gasteiger partial charge in [0.15, 0.2) is 0 Å². The first-order chi connectivity index (χ1) is 13.2. The first-order valence-corrected chi connectivity index (χ1v) is 9.36. The molecule has 5 heteroatoms. The smallest absolute Gasteiger partial charge is 0.296 e. The Labute approximate surface area is 158 Å². The zero-order valence-corrected chi connectivity index (χ0v) is 15.4. The molecule has 1 saturated heterocycles. The average molecular weight is 362 g/mol. The summed E-state index contributed by atoms with van der Waals surface area (Å²) in [5.74, 6) is -0.0819. The Balaban J connectivity index is 1.79. The van der Waals surface area contributed by atoms with Crippen LogP contribution < -0.4 is 4.74 Å². The normalized spacial score (nSPS) is 13.9. The van der Waals surface area contributed by atoms with Crippen LogP contribution in [0.4, 0.5) is 0 Å². The van der Waals surface area contributed by atoms with Crippen molar-refractivity contribution in [2.24, 2.45) is 0 Å². The monoisotopic (exact) mass is 362 g/mol. The number of aromatic nitrogens is 1. The molecule has 0 bridgehead atoms. The number of hydrogen-bond acceptors (Lipinski definition) is 3. The number of hydrogen-bond donors (Lipinski definition) is 0. The predicted octanol–water partition coefficient (Wildman–Crippen LogP) is 3.81. The molecule has 1 amide bonds. The van der Waals surface area contributed by atoms with Crippen LogP contribution in [0.5, 0.6) is 5.75 Å². The fourth-order valence-corrected chi connectivity index (χ4v) is 3.64. The standard InChI is InChI=1S/C22H22N2O3/c1-2-27-18-10-8-16(9-11-18)19-15-17-7-3-4-14-24(17)20(19)21(25)22(26)23-12-5-6-13-23/h3-4,7-11,14-15H,2,5-6,12-13H2,1H3. The Kier molecular flexibility index (Phi) is 4.67. The lowest BCUT2D eigenvalue weighted by Crippen LogP contribution is -2.34. The van der Waals surface area contributed by atoms with E-state index in [1.54, 1.807) is 4.90 Å². The van der Waals surface area contributed by atoms with E-state index >= 15 is 0 Å². The first-order valence-electron chi connectivity index (χ1n) is 9.36. The fourth-order valence-electron chi connectivity index (χ4n) is 3.64. The van der Waals surface area contributed by atoms with Gasteiger partial charge < -0.3 is 14.0 Å². The van der Waals surface area contributed by atoms with Crippen molar-refractivity contribution < 1.29 is 14.3 Å². The lowest BCUT2D eigenvalue weighted by Gasteiger charge is -2.15. The minimum Gasteiger partial charge on any atom is -0.494 e. The fraction of sp³-hybridized carbons (Fsp3) is 0.273. The Hall–Kier alpha value is -3.08. The van der Waals surface area contributed by atoms with E-state index in [4.69, 9.17) is 4.74 Å². The Morgan fingerprint density at radius 2 is 1.78 bits per heavy atom. The highest BCUT2D eigenvalue weighted by Gasteiger charge is 2.29. The van der Waals surface area contributed by atoms with Gasteiger partial charge in [0.05, 0.1) is 6.61 Å². The molecule has 1 aromatic carbocycles. The van der Waals surface area contributed by atoms with E-state index in [0.29, 0.717) is 25.4 Å². The van der Waals surface area contributed by atoms with Gasteiger partial charge in [-0.1, -0.05) is 18.2 Å². The molecule has 0 N–H and O–H groups in total. The summed E-state index contributed by atoms with van der Waals surface area (Å²) in [6.07, 6.45) is 3.75. The van der Waals surface area contributed by atoms with Crippen molar-refractivity contribution >= 4 is 17.2 Å². The van der Waals surface area contributed by atoms with Crippen LogP contribution in [-0.4, -0.2) is 40.7 Å². The van der Waals surface area contributed by atoms with Crippen molar-refractivity contribution in [2.75, 3.05) is 19.7 Å². The second-order valence-corrected chi connectivity index (χ2v) is 6.69. The lowest BCUT2D eigenvalue weighted by atomic mass is 10.0. The van der Waals surface area contributed by atoms with Crippen molar-refractivity contribution in [1.29, 1.82) is 0 Å². The molecule has 0 atom stereocenters. The molecule has 27 heavy (non-hydrogen) atoms. The van der Waals surface area contributed by atoms with Gasteiger partial charge in [-0.3, -0.25) is 9.59 Å². The van der Waals surface area contributed by atoms with Crippen LogP contribution in [-0.2, 0) is 4.79 Å². The summed E-state index contributed by atoms with van der Waals surface area (Å²) < 4.78 is 7.31. The Bertz CT molecular complexity index is 982. The second-order valence-electron chi connectivity index (χ2n) is 6.69. The maximum absolute atomic E-state index is 13.1. The van der Waals surface area contributed by atoms with E-state index < -0.39 is 11.7 Å². The molecule has 0 aliphatic carbocycles. The predicted molar refractivity (Wildman–Crippen MR) is 104 cm³/mol. The maximum Gasteiger partial charge on any atom is 0.296 e. The Morgan fingerprint density at radius 1 is 1.04 bits per heavy atom. The number of nitrogens with zero attached hydrogens (tertiary/aromatic N) is 2. The molecule has 2 aromatic heterocycles. The van der Waals surface area contributed by atoms with Gasteiger partial charge in [0.1, 0.15) is 11.4 Å². The van der Waals surface area contributed by atoms with Crippen LogP contribution in [0.25, 0.3) is 16.6 Å². The maximum atomic E-state index is 13.1. The molecule has 3 heterocycles. The summed E-state index contributed by atoms with van der Waals surface area (Å²) in [6, 6.07) is 15.3. The van der Waals surface area contributed by atoms with E-state index in [1.165, 1.54) is 0 Å². The molecule has 138 valence electrons. The van der Waals surface area contributed by atoms with Crippen LogP contribution >= 0.6 is 0 Å². The number of benzene rings is 1. The zero-order valence-electron chi connectivity index (χ0n) is 15.4. The molecule has 0 unspecified atom stereocenters. The van der Waals surface area contributed by atoms with Gasteiger partial charge in [0.2, 0.25) is 0 Å². The number of Topliss-reactive ketones (excluding diaryl/α,β-unsaturated/α-hetero) is 1. The molecule has 3 aromatic rings. The van der Waals surface area contributed by atoms with Gasteiger partial charge in [-0.2, -0.15) is 0 Å². The van der Waals surface area contributed by atoms with Crippen LogP contribution in [0.1, 0.15) is 30.3 Å². The largest absolute Gasteiger partial charge is 0.494 e. The summed E-state index contributed by atoms with van der Waals surface area (Å²) in [5, 5.41) is 0. The first kappa shape index (κ1) is 17.3. The van der Waals surface area contributed by atoms with Gasteiger partial charge in [-0.25, -0.2) is 0 Å². The summed E-state index contributed by atoms with van der Waals surface area (Å²) >= 11 is 0. The minimum absolute atomic E-state index is 0.413. The third kappa shape index (κ3) is 3.21.